The zero-order valence-electron chi connectivity index (χ0n) is 20.2. The molecule has 2 aromatic heterocycles. The quantitative estimate of drug-likeness (QED) is 0.469. The monoisotopic (exact) mass is 480 g/mol. The number of imidazole rings is 1. The third-order valence-corrected chi connectivity index (χ3v) is 6.28. The first-order valence-corrected chi connectivity index (χ1v) is 11.9. The van der Waals surface area contributed by atoms with E-state index in [1.54, 1.807) is 4.57 Å². The number of benzene rings is 1. The number of carboxylic acids is 1. The molecule has 10 heteroatoms. The molecule has 0 radical (unpaired) electrons. The Morgan fingerprint density at radius 1 is 1.17 bits per heavy atom. The minimum atomic E-state index is -1.18. The number of rotatable bonds is 8. The van der Waals surface area contributed by atoms with Crippen molar-refractivity contribution in [2.75, 3.05) is 18.0 Å². The number of carboxylic acid groups (broad SMARTS) is 1. The summed E-state index contributed by atoms with van der Waals surface area (Å²) in [5.41, 5.74) is 7.43. The molecular weight excluding hydrogens is 448 g/mol. The van der Waals surface area contributed by atoms with Crippen LogP contribution in [0.4, 0.5) is 5.95 Å². The van der Waals surface area contributed by atoms with Gasteiger partial charge in [-0.2, -0.15) is 4.98 Å². The highest BCUT2D eigenvalue weighted by Crippen LogP contribution is 2.23. The van der Waals surface area contributed by atoms with Crippen LogP contribution in [0.1, 0.15) is 32.3 Å². The predicted molar refractivity (Wildman–Crippen MR) is 135 cm³/mol. The molecule has 4 rings (SSSR count). The van der Waals surface area contributed by atoms with Gasteiger partial charge in [0.15, 0.2) is 11.2 Å². The maximum atomic E-state index is 13.7. The lowest BCUT2D eigenvalue weighted by atomic mass is 10.1. The average Bonchev–Trinajstić information content (AvgIpc) is 3.20. The van der Waals surface area contributed by atoms with Gasteiger partial charge in [0.2, 0.25) is 5.95 Å². The molecule has 0 amide bonds. The van der Waals surface area contributed by atoms with Crippen molar-refractivity contribution >= 4 is 23.1 Å². The van der Waals surface area contributed by atoms with Gasteiger partial charge in [0.1, 0.15) is 6.54 Å². The third-order valence-electron chi connectivity index (χ3n) is 6.28. The van der Waals surface area contributed by atoms with Gasteiger partial charge < -0.3 is 20.3 Å². The number of allylic oxidation sites excluding steroid dienone is 2. The van der Waals surface area contributed by atoms with E-state index in [1.807, 2.05) is 55.2 Å². The zero-order valence-corrected chi connectivity index (χ0v) is 20.2. The molecule has 1 aliphatic heterocycles. The first-order chi connectivity index (χ1) is 16.8. The lowest BCUT2D eigenvalue weighted by Gasteiger charge is -2.31. The molecule has 10 nitrogen and oxygen atoms in total. The van der Waals surface area contributed by atoms with E-state index in [0.717, 1.165) is 39.7 Å². The largest absolute Gasteiger partial charge is 0.480 e. The second-order valence-corrected chi connectivity index (χ2v) is 9.28. The number of carbonyl (C=O) groups is 1. The second-order valence-electron chi connectivity index (χ2n) is 9.28. The van der Waals surface area contributed by atoms with E-state index in [9.17, 15) is 19.5 Å². The average molecular weight is 481 g/mol. The number of aromatic nitrogens is 4. The lowest BCUT2D eigenvalue weighted by molar-refractivity contribution is -0.137. The Morgan fingerprint density at radius 2 is 1.91 bits per heavy atom. The SMILES string of the molecule is CC(C)=CCn1c(N2CCC[C@H](N)C2)nc2c1c(=O)n(CCc1ccccc1)c(=O)n2CC(=O)O. The molecule has 3 N–H and O–H groups in total. The van der Waals surface area contributed by atoms with E-state index in [0.29, 0.717) is 25.5 Å². The first-order valence-electron chi connectivity index (χ1n) is 11.9. The predicted octanol–water partition coefficient (Wildman–Crippen LogP) is 1.58. The molecule has 1 aliphatic rings. The van der Waals surface area contributed by atoms with Crippen LogP contribution in [0, 0.1) is 0 Å². The smallest absolute Gasteiger partial charge is 0.333 e. The summed E-state index contributed by atoms with van der Waals surface area (Å²) in [6, 6.07) is 9.52. The van der Waals surface area contributed by atoms with Gasteiger partial charge >= 0.3 is 11.7 Å². The van der Waals surface area contributed by atoms with E-state index in [-0.39, 0.29) is 23.8 Å². The van der Waals surface area contributed by atoms with Crippen LogP contribution >= 0.6 is 0 Å². The summed E-state index contributed by atoms with van der Waals surface area (Å²) in [4.78, 5) is 45.4. The Hall–Kier alpha value is -3.66. The molecule has 1 atom stereocenters. The molecule has 0 spiro atoms. The molecule has 35 heavy (non-hydrogen) atoms. The van der Waals surface area contributed by atoms with Gasteiger partial charge in [-0.05, 0) is 38.7 Å². The molecule has 3 aromatic rings. The van der Waals surface area contributed by atoms with E-state index in [4.69, 9.17) is 5.73 Å². The van der Waals surface area contributed by atoms with Gasteiger partial charge in [0, 0.05) is 32.2 Å². The van der Waals surface area contributed by atoms with E-state index in [1.165, 1.54) is 0 Å². The van der Waals surface area contributed by atoms with Crippen molar-refractivity contribution in [2.45, 2.75) is 58.8 Å². The molecule has 0 unspecified atom stereocenters. The van der Waals surface area contributed by atoms with Crippen LogP contribution in [-0.2, 0) is 30.8 Å². The van der Waals surface area contributed by atoms with Gasteiger partial charge in [-0.15, -0.1) is 0 Å². The Bertz CT molecular complexity index is 1360. The topological polar surface area (TPSA) is 128 Å². The number of anilines is 1. The summed E-state index contributed by atoms with van der Waals surface area (Å²) in [5, 5.41) is 9.54. The van der Waals surface area contributed by atoms with Gasteiger partial charge in [-0.3, -0.25) is 18.7 Å². The molecule has 0 bridgehead atoms. The molecule has 186 valence electrons. The summed E-state index contributed by atoms with van der Waals surface area (Å²) in [6.45, 7) is 5.15. The molecular formula is C25H32N6O4. The van der Waals surface area contributed by atoms with Crippen molar-refractivity contribution in [1.82, 2.24) is 18.7 Å². The van der Waals surface area contributed by atoms with Gasteiger partial charge in [0.25, 0.3) is 5.56 Å². The number of hydrogen-bond acceptors (Lipinski definition) is 6. The van der Waals surface area contributed by atoms with Crippen molar-refractivity contribution in [3.63, 3.8) is 0 Å². The fourth-order valence-electron chi connectivity index (χ4n) is 4.52. The van der Waals surface area contributed by atoms with Crippen molar-refractivity contribution in [1.29, 1.82) is 0 Å². The maximum Gasteiger partial charge on any atom is 0.333 e. The van der Waals surface area contributed by atoms with E-state index < -0.39 is 23.8 Å². The van der Waals surface area contributed by atoms with Crippen molar-refractivity contribution in [2.24, 2.45) is 5.73 Å². The molecule has 1 fully saturated rings. The lowest BCUT2D eigenvalue weighted by Crippen LogP contribution is -2.44. The normalized spacial score (nSPS) is 16.0. The van der Waals surface area contributed by atoms with Crippen molar-refractivity contribution in [3.8, 4) is 0 Å². The Labute approximate surface area is 202 Å². The zero-order chi connectivity index (χ0) is 25.1. The van der Waals surface area contributed by atoms with Gasteiger partial charge in [-0.1, -0.05) is 42.0 Å². The van der Waals surface area contributed by atoms with Crippen LogP contribution in [0.25, 0.3) is 11.2 Å². The van der Waals surface area contributed by atoms with Crippen molar-refractivity contribution in [3.05, 3.63) is 68.4 Å². The summed E-state index contributed by atoms with van der Waals surface area (Å²) >= 11 is 0. The summed E-state index contributed by atoms with van der Waals surface area (Å²) in [6.07, 6.45) is 4.23. The van der Waals surface area contributed by atoms with Crippen LogP contribution in [0.5, 0.6) is 0 Å². The highest BCUT2D eigenvalue weighted by atomic mass is 16.4. The first kappa shape index (κ1) is 24.5. The number of nitrogens with zero attached hydrogens (tertiary/aromatic N) is 5. The highest BCUT2D eigenvalue weighted by Gasteiger charge is 2.27. The fraction of sp³-hybridized carbons (Fsp3) is 0.440. The van der Waals surface area contributed by atoms with Crippen molar-refractivity contribution < 1.29 is 9.90 Å². The van der Waals surface area contributed by atoms with Gasteiger partial charge in [0.05, 0.1) is 0 Å². The number of fused-ring (bicyclic) bond motifs is 1. The molecule has 1 saturated heterocycles. The Balaban J connectivity index is 1.93. The van der Waals surface area contributed by atoms with E-state index >= 15 is 0 Å². The van der Waals surface area contributed by atoms with Crippen LogP contribution in [0.3, 0.4) is 0 Å². The Morgan fingerprint density at radius 3 is 2.57 bits per heavy atom. The maximum absolute atomic E-state index is 13.7. The fourth-order valence-corrected chi connectivity index (χ4v) is 4.52. The number of hydrogen-bond donors (Lipinski definition) is 2. The summed E-state index contributed by atoms with van der Waals surface area (Å²) in [7, 11) is 0. The second kappa shape index (κ2) is 10.3. The van der Waals surface area contributed by atoms with Crippen LogP contribution < -0.4 is 21.9 Å². The van der Waals surface area contributed by atoms with E-state index in [2.05, 4.69) is 4.98 Å². The molecule has 3 heterocycles. The molecule has 0 aliphatic carbocycles. The minimum absolute atomic E-state index is 0.0239. The number of aryl methyl sites for hydroxylation is 1. The summed E-state index contributed by atoms with van der Waals surface area (Å²) in [5.74, 6) is -0.647. The molecule has 1 aromatic carbocycles. The van der Waals surface area contributed by atoms with Crippen LogP contribution in [-0.4, -0.2) is 48.9 Å². The van der Waals surface area contributed by atoms with Gasteiger partial charge in [-0.25, -0.2) is 4.79 Å². The number of aliphatic carboxylic acids is 1. The minimum Gasteiger partial charge on any atom is -0.480 e. The summed E-state index contributed by atoms with van der Waals surface area (Å²) < 4.78 is 4.01. The molecule has 0 saturated carbocycles. The number of piperidine rings is 1. The Kier molecular flexibility index (Phi) is 7.20. The third kappa shape index (κ3) is 5.22. The highest BCUT2D eigenvalue weighted by molar-refractivity contribution is 5.77. The number of nitrogens with two attached hydrogens (primary N) is 1. The van der Waals surface area contributed by atoms with Crippen LogP contribution in [0.2, 0.25) is 0 Å². The standard InChI is InChI=1S/C25H32N6O4/c1-17(2)10-13-29-21-22(27-24(29)28-12-6-9-19(26)15-28)31(16-20(32)33)25(35)30(23(21)34)14-11-18-7-4-3-5-8-18/h3-5,7-8,10,19H,6,9,11-16,26H2,1-2H3,(H,32,33)/t19-/m0/s1. The van der Waals surface area contributed by atoms with Crippen LogP contribution in [0.15, 0.2) is 51.6 Å².